The molecule has 1 aromatic carbocycles. The number of para-hydroxylation sites is 1. The van der Waals surface area contributed by atoms with Gasteiger partial charge in [0, 0.05) is 23.6 Å². The van der Waals surface area contributed by atoms with Crippen molar-refractivity contribution in [1.82, 2.24) is 10.3 Å². The first-order chi connectivity index (χ1) is 10.3. The van der Waals surface area contributed by atoms with Crippen LogP contribution in [0.15, 0.2) is 30.5 Å². The summed E-state index contributed by atoms with van der Waals surface area (Å²) < 4.78 is 10.6. The van der Waals surface area contributed by atoms with E-state index in [0.717, 1.165) is 18.4 Å². The number of aryl methyl sites for hydroxylation is 1. The van der Waals surface area contributed by atoms with E-state index in [1.807, 2.05) is 18.3 Å². The number of hydrogen-bond donors (Lipinski definition) is 2. The van der Waals surface area contributed by atoms with Gasteiger partial charge in [0.2, 0.25) is 0 Å². The highest BCUT2D eigenvalue weighted by Gasteiger charge is 2.21. The van der Waals surface area contributed by atoms with Crippen molar-refractivity contribution in [3.05, 3.63) is 36.0 Å². The number of carbonyl (C=O) groups excluding carboxylic acids is 1. The minimum atomic E-state index is -0.452. The molecule has 1 aliphatic rings. The zero-order valence-electron chi connectivity index (χ0n) is 11.9. The van der Waals surface area contributed by atoms with E-state index >= 15 is 0 Å². The summed E-state index contributed by atoms with van der Waals surface area (Å²) in [7, 11) is 0. The van der Waals surface area contributed by atoms with Crippen LogP contribution in [0.25, 0.3) is 10.9 Å². The topological polar surface area (TPSA) is 63.4 Å². The van der Waals surface area contributed by atoms with Crippen LogP contribution in [0.2, 0.25) is 0 Å². The first kappa shape index (κ1) is 14.1. The Bertz CT molecular complexity index is 602. The minimum absolute atomic E-state index is 0.0753. The van der Waals surface area contributed by atoms with Crippen molar-refractivity contribution < 1.29 is 14.3 Å². The molecule has 0 bridgehead atoms. The van der Waals surface area contributed by atoms with Crippen molar-refractivity contribution in [2.75, 3.05) is 26.4 Å². The molecule has 2 aromatic rings. The molecule has 1 unspecified atom stereocenters. The van der Waals surface area contributed by atoms with Gasteiger partial charge in [0.25, 0.3) is 5.91 Å². The average Bonchev–Trinajstić information content (AvgIpc) is 2.95. The molecule has 21 heavy (non-hydrogen) atoms. The Morgan fingerprint density at radius 2 is 2.24 bits per heavy atom. The largest absolute Gasteiger partial charge is 0.376 e. The van der Waals surface area contributed by atoms with E-state index in [4.69, 9.17) is 9.47 Å². The molecular weight excluding hydrogens is 268 g/mol. The molecule has 5 nitrogen and oxygen atoms in total. The van der Waals surface area contributed by atoms with Crippen LogP contribution < -0.4 is 5.32 Å². The third-order valence-electron chi connectivity index (χ3n) is 3.71. The molecule has 1 saturated heterocycles. The summed E-state index contributed by atoms with van der Waals surface area (Å²) in [5.41, 5.74) is 2.45. The molecule has 0 aliphatic carbocycles. The maximum Gasteiger partial charge on any atom is 0.251 e. The number of aromatic nitrogens is 1. The fourth-order valence-corrected chi connectivity index (χ4v) is 2.58. The minimum Gasteiger partial charge on any atom is -0.376 e. The van der Waals surface area contributed by atoms with Gasteiger partial charge in [-0.25, -0.2) is 0 Å². The molecule has 1 aliphatic heterocycles. The molecule has 3 rings (SSSR count). The van der Waals surface area contributed by atoms with Gasteiger partial charge in [0.05, 0.1) is 19.8 Å². The molecule has 5 heteroatoms. The third-order valence-corrected chi connectivity index (χ3v) is 3.71. The number of fused-ring (bicyclic) bond motifs is 1. The van der Waals surface area contributed by atoms with Crippen molar-refractivity contribution >= 4 is 16.8 Å². The van der Waals surface area contributed by atoms with Crippen LogP contribution >= 0.6 is 0 Å². The van der Waals surface area contributed by atoms with Crippen molar-refractivity contribution in [2.24, 2.45) is 0 Å². The lowest BCUT2D eigenvalue weighted by Gasteiger charge is -2.21. The lowest BCUT2D eigenvalue weighted by Crippen LogP contribution is -2.43. The second kappa shape index (κ2) is 6.74. The van der Waals surface area contributed by atoms with E-state index in [0.29, 0.717) is 26.4 Å². The number of aromatic amines is 1. The van der Waals surface area contributed by atoms with Crippen LogP contribution in [0.1, 0.15) is 12.0 Å². The number of carbonyl (C=O) groups is 1. The number of ether oxygens (including phenoxy) is 2. The third kappa shape index (κ3) is 3.43. The number of nitrogens with one attached hydrogen (secondary N) is 2. The van der Waals surface area contributed by atoms with Crippen LogP contribution in [0.4, 0.5) is 0 Å². The first-order valence-corrected chi connectivity index (χ1v) is 7.36. The summed E-state index contributed by atoms with van der Waals surface area (Å²) in [5, 5.41) is 4.17. The Morgan fingerprint density at radius 1 is 1.33 bits per heavy atom. The summed E-state index contributed by atoms with van der Waals surface area (Å²) in [6, 6.07) is 8.25. The normalized spacial score (nSPS) is 18.8. The average molecular weight is 288 g/mol. The van der Waals surface area contributed by atoms with E-state index in [1.165, 1.54) is 10.9 Å². The smallest absolute Gasteiger partial charge is 0.251 e. The molecule has 0 spiro atoms. The molecule has 0 radical (unpaired) electrons. The van der Waals surface area contributed by atoms with Crippen LogP contribution in [-0.4, -0.2) is 43.4 Å². The van der Waals surface area contributed by atoms with Crippen LogP contribution in [-0.2, 0) is 20.7 Å². The molecule has 1 amide bonds. The second-order valence-corrected chi connectivity index (χ2v) is 5.19. The van der Waals surface area contributed by atoms with Gasteiger partial charge in [-0.1, -0.05) is 18.2 Å². The van der Waals surface area contributed by atoms with Crippen molar-refractivity contribution in [1.29, 1.82) is 0 Å². The van der Waals surface area contributed by atoms with Crippen molar-refractivity contribution in [3.63, 3.8) is 0 Å². The summed E-state index contributed by atoms with van der Waals surface area (Å²) in [4.78, 5) is 15.1. The van der Waals surface area contributed by atoms with E-state index < -0.39 is 6.10 Å². The highest BCUT2D eigenvalue weighted by atomic mass is 16.6. The first-order valence-electron chi connectivity index (χ1n) is 7.36. The molecule has 1 fully saturated rings. The molecular formula is C16H20N2O3. The molecule has 2 N–H and O–H groups in total. The Balaban J connectivity index is 1.44. The lowest BCUT2D eigenvalue weighted by atomic mass is 10.1. The van der Waals surface area contributed by atoms with Crippen LogP contribution in [0, 0.1) is 0 Å². The Morgan fingerprint density at radius 3 is 3.10 bits per heavy atom. The molecule has 1 aromatic heterocycles. The van der Waals surface area contributed by atoms with Crippen molar-refractivity contribution in [2.45, 2.75) is 18.9 Å². The van der Waals surface area contributed by atoms with Gasteiger partial charge in [-0.2, -0.15) is 0 Å². The summed E-state index contributed by atoms with van der Waals surface area (Å²) in [6.07, 6.45) is 3.43. The Hall–Kier alpha value is -1.85. The predicted octanol–water partition coefficient (Wildman–Crippen LogP) is 1.63. The summed E-state index contributed by atoms with van der Waals surface area (Å²) >= 11 is 0. The number of rotatable bonds is 5. The summed E-state index contributed by atoms with van der Waals surface area (Å²) in [5.74, 6) is -0.0753. The maximum absolute atomic E-state index is 11.8. The van der Waals surface area contributed by atoms with Gasteiger partial charge in [0.1, 0.15) is 0 Å². The molecule has 1 atom stereocenters. The number of benzene rings is 1. The van der Waals surface area contributed by atoms with E-state index in [1.54, 1.807) is 0 Å². The van der Waals surface area contributed by atoms with Gasteiger partial charge in [-0.05, 0) is 24.5 Å². The monoisotopic (exact) mass is 288 g/mol. The summed E-state index contributed by atoms with van der Waals surface area (Å²) in [6.45, 7) is 2.07. The molecule has 2 heterocycles. The van der Waals surface area contributed by atoms with Gasteiger partial charge < -0.3 is 19.8 Å². The maximum atomic E-state index is 11.8. The van der Waals surface area contributed by atoms with Gasteiger partial charge in [0.15, 0.2) is 6.10 Å². The van der Waals surface area contributed by atoms with Gasteiger partial charge in [-0.15, -0.1) is 0 Å². The fourth-order valence-electron chi connectivity index (χ4n) is 2.58. The number of hydrogen-bond acceptors (Lipinski definition) is 3. The number of amides is 1. The van der Waals surface area contributed by atoms with E-state index in [2.05, 4.69) is 22.4 Å². The SMILES string of the molecule is O=C(NCCCc1c[nH]c2ccccc12)C1COCCO1. The zero-order valence-corrected chi connectivity index (χ0v) is 11.9. The standard InChI is InChI=1S/C16H20N2O3/c19-16(15-11-20-8-9-21-15)17-7-3-4-12-10-18-14-6-2-1-5-13(12)14/h1-2,5-6,10,15,18H,3-4,7-9,11H2,(H,17,19). The fraction of sp³-hybridized carbons (Fsp3) is 0.438. The zero-order chi connectivity index (χ0) is 14.5. The van der Waals surface area contributed by atoms with Crippen molar-refractivity contribution in [3.8, 4) is 0 Å². The quantitative estimate of drug-likeness (QED) is 0.822. The molecule has 0 saturated carbocycles. The van der Waals surface area contributed by atoms with Gasteiger partial charge in [-0.3, -0.25) is 4.79 Å². The Kier molecular flexibility index (Phi) is 4.52. The van der Waals surface area contributed by atoms with E-state index in [-0.39, 0.29) is 5.91 Å². The predicted molar refractivity (Wildman–Crippen MR) is 80.2 cm³/mol. The van der Waals surface area contributed by atoms with E-state index in [9.17, 15) is 4.79 Å². The number of H-pyrrole nitrogens is 1. The lowest BCUT2D eigenvalue weighted by molar-refractivity contribution is -0.147. The van der Waals surface area contributed by atoms with Gasteiger partial charge >= 0.3 is 0 Å². The highest BCUT2D eigenvalue weighted by molar-refractivity contribution is 5.83. The van der Waals surface area contributed by atoms with Crippen LogP contribution in [0.5, 0.6) is 0 Å². The second-order valence-electron chi connectivity index (χ2n) is 5.19. The highest BCUT2D eigenvalue weighted by Crippen LogP contribution is 2.18. The molecule has 112 valence electrons. The Labute approximate surface area is 123 Å². The van der Waals surface area contributed by atoms with Crippen LogP contribution in [0.3, 0.4) is 0 Å².